The number of carbonyl (C=O) groups is 2. The molecule has 4 aliphatic carbocycles. The molecule has 6 fully saturated rings. The first kappa shape index (κ1) is 26.5. The van der Waals surface area contributed by atoms with Crippen LogP contribution in [0.2, 0.25) is 0 Å². The molecular weight excluding hydrogens is 551 g/mol. The average molecular weight is 590 g/mol. The van der Waals surface area contributed by atoms with Gasteiger partial charge in [-0.3, -0.25) is 9.59 Å². The molecule has 4 nitrogen and oxygen atoms in total. The maximum atomic E-state index is 13.3. The van der Waals surface area contributed by atoms with E-state index in [1.54, 1.807) is 0 Å². The van der Waals surface area contributed by atoms with Crippen LogP contribution >= 0.6 is 47.0 Å². The normalized spacial score (nSPS) is 36.7. The van der Waals surface area contributed by atoms with Crippen LogP contribution in [-0.2, 0) is 9.59 Å². The minimum absolute atomic E-state index is 0.0161. The second-order valence-corrected chi connectivity index (χ2v) is 18.3. The summed E-state index contributed by atoms with van der Waals surface area (Å²) in [6.07, 6.45) is 11.7. The second kappa shape index (κ2) is 10.8. The highest BCUT2D eigenvalue weighted by molar-refractivity contribution is 8.21. The Hall–Kier alpha value is -0.440. The van der Waals surface area contributed by atoms with E-state index >= 15 is 0 Å². The number of benzene rings is 1. The molecule has 6 aliphatic rings. The van der Waals surface area contributed by atoms with Crippen LogP contribution in [0.3, 0.4) is 0 Å². The highest BCUT2D eigenvalue weighted by Gasteiger charge is 2.56. The monoisotopic (exact) mass is 589 g/mol. The molecule has 1 amide bonds. The highest BCUT2D eigenvalue weighted by Crippen LogP contribution is 2.65. The summed E-state index contributed by atoms with van der Waals surface area (Å²) in [5.41, 5.74) is 0.800. The number of amides is 1. The van der Waals surface area contributed by atoms with Crippen molar-refractivity contribution in [2.24, 2.45) is 35.5 Å². The third-order valence-electron chi connectivity index (χ3n) is 10.3. The molecule has 8 heteroatoms. The molecule has 0 unspecified atom stereocenters. The van der Waals surface area contributed by atoms with Crippen molar-refractivity contribution in [3.63, 3.8) is 0 Å². The number of ether oxygens (including phenoxy) is 1. The first-order chi connectivity index (χ1) is 18.6. The first-order valence-electron chi connectivity index (χ1n) is 14.7. The van der Waals surface area contributed by atoms with Gasteiger partial charge in [0.05, 0.1) is 14.1 Å². The zero-order valence-electron chi connectivity index (χ0n) is 22.0. The first-order valence-corrected chi connectivity index (χ1v) is 18.7. The second-order valence-electron chi connectivity index (χ2n) is 12.3. The van der Waals surface area contributed by atoms with Crippen molar-refractivity contribution in [3.05, 3.63) is 24.3 Å². The van der Waals surface area contributed by atoms with Crippen LogP contribution in [0, 0.1) is 35.5 Å². The van der Waals surface area contributed by atoms with Crippen LogP contribution in [0.4, 0.5) is 5.69 Å². The van der Waals surface area contributed by atoms with Crippen molar-refractivity contribution in [1.82, 2.24) is 0 Å². The van der Waals surface area contributed by atoms with Crippen LogP contribution < -0.4 is 10.1 Å². The Morgan fingerprint density at radius 3 is 1.61 bits per heavy atom. The summed E-state index contributed by atoms with van der Waals surface area (Å²) in [6.45, 7) is 0. The molecule has 38 heavy (non-hydrogen) atoms. The van der Waals surface area contributed by atoms with Gasteiger partial charge in [-0.1, -0.05) is 12.8 Å². The van der Waals surface area contributed by atoms with Crippen LogP contribution in [0.5, 0.6) is 5.75 Å². The minimum Gasteiger partial charge on any atom is -0.426 e. The van der Waals surface area contributed by atoms with Crippen LogP contribution in [0.25, 0.3) is 0 Å². The Morgan fingerprint density at radius 1 is 0.684 bits per heavy atom. The average Bonchev–Trinajstić information content (AvgIpc) is 3.56. The molecule has 2 aliphatic heterocycles. The van der Waals surface area contributed by atoms with E-state index in [9.17, 15) is 9.59 Å². The lowest BCUT2D eigenvalue weighted by molar-refractivity contribution is -0.141. The molecule has 2 spiro atoms. The molecule has 2 heterocycles. The molecule has 0 aromatic heterocycles. The zero-order chi connectivity index (χ0) is 25.7. The van der Waals surface area contributed by atoms with Gasteiger partial charge in [0, 0.05) is 34.6 Å². The Balaban J connectivity index is 0.946. The summed E-state index contributed by atoms with van der Waals surface area (Å²) in [5, 5.41) is 3.18. The van der Waals surface area contributed by atoms with Crippen LogP contribution in [0.15, 0.2) is 24.3 Å². The standard InChI is InChI=1S/C30H39NO3S4/c32-27(19-15-21-3-1-4-22(16-19)29(21)35-11-12-36-29)31-25-7-9-26(10-8-25)34-28(33)20-17-23-5-2-6-24(18-20)30(23)37-13-14-38-30/h7-10,19-24H,1-6,11-18H2,(H,31,32)/t21-,22-,23-,24-/m0/s1. The van der Waals surface area contributed by atoms with Gasteiger partial charge < -0.3 is 10.1 Å². The van der Waals surface area contributed by atoms with Crippen molar-refractivity contribution in [1.29, 1.82) is 0 Å². The third-order valence-corrected chi connectivity index (χ3v) is 18.3. The quantitative estimate of drug-likeness (QED) is 0.288. The molecular formula is C30H39NO3S4. The summed E-state index contributed by atoms with van der Waals surface area (Å²) in [4.78, 5) is 26.4. The Labute approximate surface area is 244 Å². The molecule has 1 aromatic rings. The predicted molar refractivity (Wildman–Crippen MR) is 163 cm³/mol. The van der Waals surface area contributed by atoms with Crippen molar-refractivity contribution >= 4 is 64.6 Å². The number of rotatable bonds is 4. The van der Waals surface area contributed by atoms with E-state index < -0.39 is 0 Å². The minimum atomic E-state index is -0.0631. The molecule has 4 atom stereocenters. The summed E-state index contributed by atoms with van der Waals surface area (Å²) in [5.74, 6) is 8.51. The summed E-state index contributed by atoms with van der Waals surface area (Å²) in [6, 6.07) is 7.48. The number of nitrogens with one attached hydrogen (secondary N) is 1. The topological polar surface area (TPSA) is 55.4 Å². The fourth-order valence-corrected chi connectivity index (χ4v) is 16.5. The van der Waals surface area contributed by atoms with Crippen molar-refractivity contribution in [2.45, 2.75) is 72.4 Å². The Bertz CT molecular complexity index is 937. The number of anilines is 1. The van der Waals surface area contributed by atoms with E-state index in [-0.39, 0.29) is 23.7 Å². The molecule has 0 radical (unpaired) electrons. The fraction of sp³-hybridized carbons (Fsp3) is 0.733. The van der Waals surface area contributed by atoms with Gasteiger partial charge in [0.1, 0.15) is 5.75 Å². The van der Waals surface area contributed by atoms with E-state index in [1.165, 1.54) is 61.5 Å². The fourth-order valence-electron chi connectivity index (χ4n) is 8.67. The van der Waals surface area contributed by atoms with Gasteiger partial charge in [0.25, 0.3) is 0 Å². The van der Waals surface area contributed by atoms with Crippen molar-refractivity contribution < 1.29 is 14.3 Å². The number of esters is 1. The van der Waals surface area contributed by atoms with Crippen LogP contribution in [-0.4, -0.2) is 43.0 Å². The molecule has 1 N–H and O–H groups in total. The summed E-state index contributed by atoms with van der Waals surface area (Å²) >= 11 is 8.73. The van der Waals surface area contributed by atoms with Gasteiger partial charge >= 0.3 is 5.97 Å². The Kier molecular flexibility index (Phi) is 7.49. The maximum Gasteiger partial charge on any atom is 0.314 e. The molecule has 7 rings (SSSR count). The van der Waals surface area contributed by atoms with Crippen molar-refractivity contribution in [2.75, 3.05) is 28.3 Å². The number of thioether (sulfide) groups is 4. The van der Waals surface area contributed by atoms with Gasteiger partial charge in [-0.15, -0.1) is 47.0 Å². The summed E-state index contributed by atoms with van der Waals surface area (Å²) in [7, 11) is 0. The smallest absolute Gasteiger partial charge is 0.314 e. The SMILES string of the molecule is O=C(Nc1ccc(OC(=O)C2C[C@@H]3CCC[C@@H](C2)C32SCCS2)cc1)C1C[C@@H]2CCC[C@@H](C1)C21SCCS1. The number of hydrogen-bond acceptors (Lipinski definition) is 7. The predicted octanol–water partition coefficient (Wildman–Crippen LogP) is 7.54. The van der Waals surface area contributed by atoms with E-state index in [0.717, 1.165) is 31.4 Å². The molecule has 1 aromatic carbocycles. The van der Waals surface area contributed by atoms with Gasteiger partial charge in [-0.25, -0.2) is 0 Å². The van der Waals surface area contributed by atoms with Gasteiger partial charge in [0.15, 0.2) is 0 Å². The van der Waals surface area contributed by atoms with E-state index in [0.29, 0.717) is 37.6 Å². The highest BCUT2D eigenvalue weighted by atomic mass is 32.2. The van der Waals surface area contributed by atoms with Gasteiger partial charge in [-0.2, -0.15) is 0 Å². The molecule has 2 saturated heterocycles. The maximum absolute atomic E-state index is 13.3. The number of hydrogen-bond donors (Lipinski definition) is 1. The lowest BCUT2D eigenvalue weighted by Crippen LogP contribution is -2.48. The van der Waals surface area contributed by atoms with Gasteiger partial charge in [-0.05, 0) is 99.3 Å². The largest absolute Gasteiger partial charge is 0.426 e. The van der Waals surface area contributed by atoms with E-state index in [2.05, 4.69) is 52.4 Å². The van der Waals surface area contributed by atoms with E-state index in [1.807, 2.05) is 24.3 Å². The lowest BCUT2D eigenvalue weighted by atomic mass is 9.67. The molecule has 4 bridgehead atoms. The molecule has 206 valence electrons. The van der Waals surface area contributed by atoms with E-state index in [4.69, 9.17) is 4.74 Å². The Morgan fingerprint density at radius 2 is 1.13 bits per heavy atom. The summed E-state index contributed by atoms with van der Waals surface area (Å²) < 4.78 is 6.65. The number of carbonyl (C=O) groups excluding carboxylic acids is 2. The van der Waals surface area contributed by atoms with Crippen LogP contribution in [0.1, 0.15) is 64.2 Å². The molecule has 4 saturated carbocycles. The lowest BCUT2D eigenvalue weighted by Gasteiger charge is -2.52. The third kappa shape index (κ3) is 4.65. The zero-order valence-corrected chi connectivity index (χ0v) is 25.3. The van der Waals surface area contributed by atoms with Crippen molar-refractivity contribution in [3.8, 4) is 5.75 Å². The van der Waals surface area contributed by atoms with Gasteiger partial charge in [0.2, 0.25) is 5.91 Å².